The van der Waals surface area contributed by atoms with Crippen LogP contribution in [0.25, 0.3) is 0 Å². The van der Waals surface area contributed by atoms with Crippen molar-refractivity contribution in [3.63, 3.8) is 0 Å². The van der Waals surface area contributed by atoms with Gasteiger partial charge in [-0.3, -0.25) is 10.1 Å². The molecular weight excluding hydrogens is 266 g/mol. The normalized spacial score (nSPS) is 12.4. The Morgan fingerprint density at radius 3 is 2.35 bits per heavy atom. The number of nitrogens with zero attached hydrogens (tertiary/aromatic N) is 2. The molecule has 0 amide bonds. The van der Waals surface area contributed by atoms with Crippen molar-refractivity contribution in [1.82, 2.24) is 0 Å². The van der Waals surface area contributed by atoms with Crippen molar-refractivity contribution in [2.24, 2.45) is 10.1 Å². The number of hydrogen-bond acceptors (Lipinski definition) is 5. The summed E-state index contributed by atoms with van der Waals surface area (Å²) in [5.74, 6) is 0. The van der Waals surface area contributed by atoms with E-state index in [1.54, 1.807) is 6.26 Å². The van der Waals surface area contributed by atoms with Gasteiger partial charge in [0.15, 0.2) is 5.17 Å². The molecule has 0 fully saturated rings. The molecule has 0 atom stereocenters. The molecule has 0 unspecified atom stereocenters. The van der Waals surface area contributed by atoms with Gasteiger partial charge in [0.1, 0.15) is 0 Å². The molecule has 1 aromatic rings. The van der Waals surface area contributed by atoms with Crippen molar-refractivity contribution in [2.75, 3.05) is 6.26 Å². The van der Waals surface area contributed by atoms with Gasteiger partial charge in [-0.2, -0.15) is 8.42 Å². The van der Waals surface area contributed by atoms with Gasteiger partial charge < -0.3 is 5.73 Å². The zero-order valence-corrected chi connectivity index (χ0v) is 10.4. The summed E-state index contributed by atoms with van der Waals surface area (Å²) in [6.45, 7) is 0. The fourth-order valence-electron chi connectivity index (χ4n) is 0.948. The van der Waals surface area contributed by atoms with Crippen LogP contribution in [0.3, 0.4) is 0 Å². The highest BCUT2D eigenvalue weighted by Crippen LogP contribution is 2.18. The second kappa shape index (κ2) is 5.15. The zero-order chi connectivity index (χ0) is 13.1. The molecule has 0 saturated heterocycles. The minimum atomic E-state index is -3.89. The van der Waals surface area contributed by atoms with Crippen LogP contribution in [0.4, 0.5) is 5.69 Å². The molecule has 0 heterocycles. The van der Waals surface area contributed by atoms with E-state index in [1.807, 2.05) is 0 Å². The predicted molar refractivity (Wildman–Crippen MR) is 65.4 cm³/mol. The number of sulfonamides is 1. The first-order valence-corrected chi connectivity index (χ1v) is 6.92. The fourth-order valence-corrected chi connectivity index (χ4v) is 2.36. The van der Waals surface area contributed by atoms with E-state index in [-0.39, 0.29) is 15.8 Å². The Hall–Kier alpha value is -1.61. The third-order valence-electron chi connectivity index (χ3n) is 1.76. The van der Waals surface area contributed by atoms with E-state index in [2.05, 4.69) is 4.40 Å². The molecule has 92 valence electrons. The molecule has 9 heteroatoms. The number of amidine groups is 1. The standard InChI is InChI=1S/C8H9N3O4S2/c1-16-8(9)10-17(14,15)7-4-2-6(3-5-7)11(12)13/h2-5H,1H3,(H2,9,10). The van der Waals surface area contributed by atoms with E-state index in [9.17, 15) is 18.5 Å². The number of nitro groups is 1. The molecule has 0 aromatic heterocycles. The average molecular weight is 275 g/mol. The molecule has 2 N–H and O–H groups in total. The summed E-state index contributed by atoms with van der Waals surface area (Å²) in [4.78, 5) is 9.64. The van der Waals surface area contributed by atoms with Gasteiger partial charge in [-0.05, 0) is 18.4 Å². The maximum Gasteiger partial charge on any atom is 0.284 e. The highest BCUT2D eigenvalue weighted by atomic mass is 32.2. The van der Waals surface area contributed by atoms with Gasteiger partial charge in [-0.1, -0.05) is 11.8 Å². The maximum absolute atomic E-state index is 11.6. The number of benzene rings is 1. The SMILES string of the molecule is CSC(N)=NS(=O)(=O)c1ccc([N+](=O)[O-])cc1. The molecule has 0 aliphatic carbocycles. The summed E-state index contributed by atoms with van der Waals surface area (Å²) < 4.78 is 26.6. The van der Waals surface area contributed by atoms with Gasteiger partial charge in [-0.15, -0.1) is 4.40 Å². The summed E-state index contributed by atoms with van der Waals surface area (Å²) in [7, 11) is -3.89. The molecular formula is C8H9N3O4S2. The largest absolute Gasteiger partial charge is 0.378 e. The smallest absolute Gasteiger partial charge is 0.284 e. The molecule has 0 bridgehead atoms. The van der Waals surface area contributed by atoms with E-state index in [0.29, 0.717) is 0 Å². The molecule has 0 saturated carbocycles. The Morgan fingerprint density at radius 2 is 1.94 bits per heavy atom. The van der Waals surface area contributed by atoms with Crippen LogP contribution in [0.5, 0.6) is 0 Å². The van der Waals surface area contributed by atoms with Crippen LogP contribution in [-0.4, -0.2) is 24.8 Å². The second-order valence-electron chi connectivity index (χ2n) is 2.86. The molecule has 0 spiro atoms. The zero-order valence-electron chi connectivity index (χ0n) is 8.73. The third-order valence-corrected chi connectivity index (χ3v) is 3.69. The van der Waals surface area contributed by atoms with Gasteiger partial charge in [0.2, 0.25) is 0 Å². The van der Waals surface area contributed by atoms with Gasteiger partial charge in [0, 0.05) is 12.1 Å². The van der Waals surface area contributed by atoms with E-state index in [4.69, 9.17) is 5.73 Å². The monoisotopic (exact) mass is 275 g/mol. The highest BCUT2D eigenvalue weighted by molar-refractivity contribution is 8.13. The minimum absolute atomic E-state index is 0.0941. The van der Waals surface area contributed by atoms with Crippen LogP contribution in [-0.2, 0) is 10.0 Å². The topological polar surface area (TPSA) is 116 Å². The van der Waals surface area contributed by atoms with E-state index < -0.39 is 14.9 Å². The number of rotatable bonds is 3. The summed E-state index contributed by atoms with van der Waals surface area (Å²) >= 11 is 0.995. The van der Waals surface area contributed by atoms with Crippen LogP contribution >= 0.6 is 11.8 Å². The Kier molecular flexibility index (Phi) is 4.07. The van der Waals surface area contributed by atoms with Gasteiger partial charge in [0.05, 0.1) is 9.82 Å². The maximum atomic E-state index is 11.6. The number of thioether (sulfide) groups is 1. The Labute approximate surface area is 102 Å². The van der Waals surface area contributed by atoms with Crippen molar-refractivity contribution >= 4 is 32.6 Å². The number of nitrogens with two attached hydrogens (primary N) is 1. The van der Waals surface area contributed by atoms with Crippen LogP contribution in [0, 0.1) is 10.1 Å². The van der Waals surface area contributed by atoms with Crippen molar-refractivity contribution in [1.29, 1.82) is 0 Å². The molecule has 7 nitrogen and oxygen atoms in total. The molecule has 0 radical (unpaired) electrons. The van der Waals surface area contributed by atoms with Crippen LogP contribution in [0.15, 0.2) is 33.6 Å². The third kappa shape index (κ3) is 3.43. The lowest BCUT2D eigenvalue weighted by molar-refractivity contribution is -0.384. The summed E-state index contributed by atoms with van der Waals surface area (Å²) in [5.41, 5.74) is 5.11. The van der Waals surface area contributed by atoms with Crippen molar-refractivity contribution < 1.29 is 13.3 Å². The second-order valence-corrected chi connectivity index (χ2v) is 5.29. The number of hydrogen-bond donors (Lipinski definition) is 1. The Morgan fingerprint density at radius 1 is 1.41 bits per heavy atom. The van der Waals surface area contributed by atoms with Gasteiger partial charge in [0.25, 0.3) is 15.7 Å². The Balaban J connectivity index is 3.13. The van der Waals surface area contributed by atoms with Crippen molar-refractivity contribution in [3.05, 3.63) is 34.4 Å². The number of non-ortho nitro benzene ring substituents is 1. The summed E-state index contributed by atoms with van der Waals surface area (Å²) in [5, 5.41) is 10.3. The first-order chi connectivity index (χ1) is 7.86. The quantitative estimate of drug-likeness (QED) is 0.380. The first-order valence-electron chi connectivity index (χ1n) is 4.25. The lowest BCUT2D eigenvalue weighted by Crippen LogP contribution is -2.10. The predicted octanol–water partition coefficient (Wildman–Crippen LogP) is 0.961. The van der Waals surface area contributed by atoms with Crippen molar-refractivity contribution in [3.8, 4) is 0 Å². The fraction of sp³-hybridized carbons (Fsp3) is 0.125. The van der Waals surface area contributed by atoms with E-state index >= 15 is 0 Å². The van der Waals surface area contributed by atoms with Gasteiger partial charge >= 0.3 is 0 Å². The Bertz CT molecular complexity index is 551. The average Bonchev–Trinajstić information content (AvgIpc) is 2.28. The van der Waals surface area contributed by atoms with E-state index in [1.165, 1.54) is 0 Å². The lowest BCUT2D eigenvalue weighted by atomic mass is 10.3. The van der Waals surface area contributed by atoms with Crippen LogP contribution in [0.1, 0.15) is 0 Å². The lowest BCUT2D eigenvalue weighted by Gasteiger charge is -1.99. The molecule has 1 aromatic carbocycles. The van der Waals surface area contributed by atoms with Crippen LogP contribution in [0.2, 0.25) is 0 Å². The van der Waals surface area contributed by atoms with Gasteiger partial charge in [-0.25, -0.2) is 0 Å². The first kappa shape index (κ1) is 13.5. The minimum Gasteiger partial charge on any atom is -0.378 e. The molecule has 0 aliphatic heterocycles. The highest BCUT2D eigenvalue weighted by Gasteiger charge is 2.15. The summed E-state index contributed by atoms with van der Waals surface area (Å²) in [6, 6.07) is 4.42. The molecule has 17 heavy (non-hydrogen) atoms. The van der Waals surface area contributed by atoms with E-state index in [0.717, 1.165) is 36.0 Å². The van der Waals surface area contributed by atoms with Crippen LogP contribution < -0.4 is 5.73 Å². The molecule has 1 rings (SSSR count). The number of nitro benzene ring substituents is 1. The summed E-state index contributed by atoms with van der Waals surface area (Å²) in [6.07, 6.45) is 1.59. The van der Waals surface area contributed by atoms with Crippen molar-refractivity contribution in [2.45, 2.75) is 4.90 Å². The molecule has 0 aliphatic rings.